The van der Waals surface area contributed by atoms with Crippen LogP contribution in [0.25, 0.3) is 0 Å². The lowest BCUT2D eigenvalue weighted by Gasteiger charge is -2.40. The van der Waals surface area contributed by atoms with Gasteiger partial charge in [0.15, 0.2) is 0 Å². The van der Waals surface area contributed by atoms with Crippen molar-refractivity contribution in [2.75, 3.05) is 50.7 Å². The van der Waals surface area contributed by atoms with E-state index in [-0.39, 0.29) is 6.04 Å². The van der Waals surface area contributed by atoms with Crippen LogP contribution >= 0.6 is 0 Å². The van der Waals surface area contributed by atoms with Crippen LogP contribution in [0.2, 0.25) is 0 Å². The number of pyridine rings is 1. The number of rotatable bonds is 6. The lowest BCUT2D eigenvalue weighted by Crippen LogP contribution is -2.51. The predicted molar refractivity (Wildman–Crippen MR) is 98.9 cm³/mol. The van der Waals surface area contributed by atoms with Crippen LogP contribution < -0.4 is 4.90 Å². The molecule has 2 aliphatic rings. The molecule has 2 fully saturated rings. The number of piperidine rings is 1. The molecule has 1 aromatic heterocycles. The molecule has 0 saturated carbocycles. The van der Waals surface area contributed by atoms with Gasteiger partial charge in [0.25, 0.3) is 0 Å². The van der Waals surface area contributed by atoms with Gasteiger partial charge in [-0.05, 0) is 43.9 Å². The highest BCUT2D eigenvalue weighted by atomic mass is 16.4. The van der Waals surface area contributed by atoms with Crippen molar-refractivity contribution in [2.45, 2.75) is 32.2 Å². The summed E-state index contributed by atoms with van der Waals surface area (Å²) >= 11 is 0. The van der Waals surface area contributed by atoms with Crippen LogP contribution in [-0.2, 0) is 4.79 Å². The van der Waals surface area contributed by atoms with Gasteiger partial charge in [0.05, 0.1) is 0 Å². The second-order valence-corrected chi connectivity index (χ2v) is 7.24. The minimum atomic E-state index is -0.674. The largest absolute Gasteiger partial charge is 0.480 e. The summed E-state index contributed by atoms with van der Waals surface area (Å²) in [4.78, 5) is 22.9. The first-order chi connectivity index (χ1) is 12.2. The van der Waals surface area contributed by atoms with Gasteiger partial charge >= 0.3 is 5.97 Å². The Balaban J connectivity index is 1.48. The number of anilines is 1. The zero-order valence-electron chi connectivity index (χ0n) is 15.2. The monoisotopic (exact) mass is 346 g/mol. The minimum Gasteiger partial charge on any atom is -0.480 e. The number of aliphatic carboxylic acids is 1. The number of aromatic nitrogens is 1. The highest BCUT2D eigenvalue weighted by Crippen LogP contribution is 2.22. The summed E-state index contributed by atoms with van der Waals surface area (Å²) in [5.41, 5.74) is 0. The molecule has 0 unspecified atom stereocenters. The van der Waals surface area contributed by atoms with E-state index in [0.29, 0.717) is 12.3 Å². The zero-order chi connectivity index (χ0) is 17.6. The SMILES string of the molecule is CC[C@H](C(=O)O)N1CCC[C@@H](CN2CCN(c3ccccn3)CC2)C1. The van der Waals surface area contributed by atoms with Gasteiger partial charge in [0.1, 0.15) is 11.9 Å². The molecule has 6 nitrogen and oxygen atoms in total. The Bertz CT molecular complexity index is 546. The molecule has 0 bridgehead atoms. The lowest BCUT2D eigenvalue weighted by molar-refractivity contribution is -0.144. The van der Waals surface area contributed by atoms with E-state index >= 15 is 0 Å². The van der Waals surface area contributed by atoms with Gasteiger partial charge in [0, 0.05) is 45.5 Å². The van der Waals surface area contributed by atoms with Crippen molar-refractivity contribution in [3.63, 3.8) is 0 Å². The van der Waals surface area contributed by atoms with Crippen molar-refractivity contribution in [3.05, 3.63) is 24.4 Å². The molecular formula is C19H30N4O2. The smallest absolute Gasteiger partial charge is 0.320 e. The summed E-state index contributed by atoms with van der Waals surface area (Å²) in [6.07, 6.45) is 4.87. The lowest BCUT2D eigenvalue weighted by atomic mass is 9.95. The molecule has 3 rings (SSSR count). The maximum Gasteiger partial charge on any atom is 0.320 e. The van der Waals surface area contributed by atoms with E-state index in [1.54, 1.807) is 0 Å². The summed E-state index contributed by atoms with van der Waals surface area (Å²) in [5.74, 6) is 0.980. The van der Waals surface area contributed by atoms with Crippen LogP contribution in [0.4, 0.5) is 5.82 Å². The zero-order valence-corrected chi connectivity index (χ0v) is 15.2. The van der Waals surface area contributed by atoms with E-state index in [1.807, 2.05) is 25.3 Å². The van der Waals surface area contributed by atoms with Crippen molar-refractivity contribution in [1.29, 1.82) is 0 Å². The summed E-state index contributed by atoms with van der Waals surface area (Å²) < 4.78 is 0. The van der Waals surface area contributed by atoms with E-state index in [4.69, 9.17) is 0 Å². The van der Waals surface area contributed by atoms with Crippen LogP contribution in [-0.4, -0.2) is 77.7 Å². The van der Waals surface area contributed by atoms with Gasteiger partial charge in [-0.1, -0.05) is 13.0 Å². The fourth-order valence-corrected chi connectivity index (χ4v) is 4.18. The minimum absolute atomic E-state index is 0.316. The fourth-order valence-electron chi connectivity index (χ4n) is 4.18. The molecule has 0 aromatic carbocycles. The second kappa shape index (κ2) is 8.63. The van der Waals surface area contributed by atoms with Crippen LogP contribution in [0.1, 0.15) is 26.2 Å². The Hall–Kier alpha value is -1.66. The molecule has 6 heteroatoms. The van der Waals surface area contributed by atoms with E-state index in [2.05, 4.69) is 25.8 Å². The van der Waals surface area contributed by atoms with Gasteiger partial charge in [-0.3, -0.25) is 14.6 Å². The van der Waals surface area contributed by atoms with Crippen molar-refractivity contribution in [3.8, 4) is 0 Å². The highest BCUT2D eigenvalue weighted by Gasteiger charge is 2.30. The fraction of sp³-hybridized carbons (Fsp3) is 0.684. The topological polar surface area (TPSA) is 59.9 Å². The van der Waals surface area contributed by atoms with Gasteiger partial charge in [-0.15, -0.1) is 0 Å². The third kappa shape index (κ3) is 4.70. The normalized spacial score (nSPS) is 24.2. The Morgan fingerprint density at radius 2 is 2.08 bits per heavy atom. The Labute approximate surface area is 150 Å². The summed E-state index contributed by atoms with van der Waals surface area (Å²) in [6.45, 7) is 9.05. The summed E-state index contributed by atoms with van der Waals surface area (Å²) in [5, 5.41) is 9.41. The first-order valence-electron chi connectivity index (χ1n) is 9.52. The van der Waals surface area contributed by atoms with E-state index in [1.165, 1.54) is 6.42 Å². The molecule has 25 heavy (non-hydrogen) atoms. The molecule has 0 spiro atoms. The van der Waals surface area contributed by atoms with Crippen LogP contribution in [0, 0.1) is 5.92 Å². The first kappa shape index (κ1) is 18.1. The molecule has 1 aromatic rings. The molecule has 138 valence electrons. The van der Waals surface area contributed by atoms with Gasteiger partial charge in [0.2, 0.25) is 0 Å². The number of piperazine rings is 1. The van der Waals surface area contributed by atoms with Gasteiger partial charge in [-0.2, -0.15) is 0 Å². The molecule has 0 amide bonds. The van der Waals surface area contributed by atoms with Crippen LogP contribution in [0.3, 0.4) is 0 Å². The molecule has 2 atom stereocenters. The quantitative estimate of drug-likeness (QED) is 0.847. The molecule has 2 aliphatic heterocycles. The number of hydrogen-bond donors (Lipinski definition) is 1. The molecule has 0 radical (unpaired) electrons. The number of nitrogens with zero attached hydrogens (tertiary/aromatic N) is 4. The van der Waals surface area contributed by atoms with Crippen LogP contribution in [0.5, 0.6) is 0 Å². The van der Waals surface area contributed by atoms with Crippen molar-refractivity contribution in [1.82, 2.24) is 14.8 Å². The van der Waals surface area contributed by atoms with Crippen molar-refractivity contribution in [2.24, 2.45) is 5.92 Å². The number of carboxylic acid groups (broad SMARTS) is 1. The average molecular weight is 346 g/mol. The molecule has 0 aliphatic carbocycles. The van der Waals surface area contributed by atoms with E-state index in [0.717, 1.165) is 58.1 Å². The summed E-state index contributed by atoms with van der Waals surface area (Å²) in [7, 11) is 0. The first-order valence-corrected chi connectivity index (χ1v) is 9.52. The average Bonchev–Trinajstić information content (AvgIpc) is 2.64. The number of likely N-dealkylation sites (tertiary alicyclic amines) is 1. The molecule has 1 N–H and O–H groups in total. The number of carbonyl (C=O) groups is 1. The van der Waals surface area contributed by atoms with E-state index < -0.39 is 5.97 Å². The molecule has 2 saturated heterocycles. The maximum absolute atomic E-state index is 11.4. The highest BCUT2D eigenvalue weighted by molar-refractivity contribution is 5.73. The van der Waals surface area contributed by atoms with Crippen LogP contribution in [0.15, 0.2) is 24.4 Å². The standard InChI is InChI=1S/C19H30N4O2/c1-2-17(19(24)25)23-9-5-6-16(15-23)14-21-10-12-22(13-11-21)18-7-3-4-8-20-18/h3-4,7-8,16-17H,2,5-6,9-15H2,1H3,(H,24,25)/t16-,17+/m0/s1. The third-order valence-corrected chi connectivity index (χ3v) is 5.52. The Kier molecular flexibility index (Phi) is 6.26. The van der Waals surface area contributed by atoms with Gasteiger partial charge in [-0.25, -0.2) is 4.98 Å². The Morgan fingerprint density at radius 3 is 2.72 bits per heavy atom. The van der Waals surface area contributed by atoms with Crippen molar-refractivity contribution < 1.29 is 9.90 Å². The third-order valence-electron chi connectivity index (χ3n) is 5.52. The Morgan fingerprint density at radius 1 is 1.28 bits per heavy atom. The molecular weight excluding hydrogens is 316 g/mol. The van der Waals surface area contributed by atoms with Crippen molar-refractivity contribution >= 4 is 11.8 Å². The summed E-state index contributed by atoms with van der Waals surface area (Å²) in [6, 6.07) is 5.75. The molecule has 3 heterocycles. The maximum atomic E-state index is 11.4. The van der Waals surface area contributed by atoms with Gasteiger partial charge < -0.3 is 10.0 Å². The second-order valence-electron chi connectivity index (χ2n) is 7.24. The predicted octanol–water partition coefficient (Wildman–Crippen LogP) is 1.78. The van der Waals surface area contributed by atoms with E-state index in [9.17, 15) is 9.90 Å². The number of carboxylic acids is 1. The number of hydrogen-bond acceptors (Lipinski definition) is 5.